The molecule has 0 aromatic heterocycles. The fourth-order valence-electron chi connectivity index (χ4n) is 4.01. The number of methoxy groups -OCH3 is 1. The molecule has 0 amide bonds. The van der Waals surface area contributed by atoms with Crippen LogP contribution in [-0.2, 0) is 15.7 Å². The Bertz CT molecular complexity index is 1080. The minimum Gasteiger partial charge on any atom is -0.421 e. The van der Waals surface area contributed by atoms with Gasteiger partial charge in [0.05, 0.1) is 17.4 Å². The molecular weight excluding hydrogens is 455 g/mol. The third-order valence-corrected chi connectivity index (χ3v) is 6.31. The van der Waals surface area contributed by atoms with Crippen LogP contribution in [0.2, 0.25) is 0 Å². The Kier molecular flexibility index (Phi) is 9.72. The van der Waals surface area contributed by atoms with E-state index in [9.17, 15) is 18.0 Å². The minimum atomic E-state index is -4.52. The molecule has 0 spiro atoms. The Morgan fingerprint density at radius 2 is 1.83 bits per heavy atom. The zero-order chi connectivity index (χ0) is 26.3. The van der Waals surface area contributed by atoms with E-state index in [0.717, 1.165) is 30.2 Å². The third kappa shape index (κ3) is 7.99. The van der Waals surface area contributed by atoms with Gasteiger partial charge in [-0.1, -0.05) is 55.4 Å². The van der Waals surface area contributed by atoms with Gasteiger partial charge in [-0.2, -0.15) is 13.2 Å². The number of esters is 1. The molecule has 0 radical (unpaired) electrons. The fourth-order valence-corrected chi connectivity index (χ4v) is 4.01. The summed E-state index contributed by atoms with van der Waals surface area (Å²) in [6, 6.07) is 2.59. The highest BCUT2D eigenvalue weighted by molar-refractivity contribution is 5.86. The maximum atomic E-state index is 12.7. The first-order valence-electron chi connectivity index (χ1n) is 11.5. The molecule has 2 N–H and O–H groups in total. The van der Waals surface area contributed by atoms with Crippen LogP contribution in [0.1, 0.15) is 46.6 Å². The van der Waals surface area contributed by atoms with Gasteiger partial charge in [0.25, 0.3) is 0 Å². The number of ether oxygens (including phenoxy) is 2. The van der Waals surface area contributed by atoms with Crippen LogP contribution in [0, 0.1) is 11.8 Å². The monoisotopic (exact) mass is 489 g/mol. The van der Waals surface area contributed by atoms with E-state index in [1.807, 2.05) is 19.1 Å². The first-order valence-corrected chi connectivity index (χ1v) is 11.5. The number of carbonyl (C=O) groups is 1. The standard InChI is InChI=1S/C28H34F3NO3/c1-17(10-12-23-19(3)15-26(34-6)21(5)20(23)4)8-7-9-18(2)14-27(33)35-25-13-11-22(16-24(25)32)28(29,30)31/h7-14,16,20-21,26H,15,32H2,1-6H3/b9-7+,12-10+,17-8+,18-14+. The van der Waals surface area contributed by atoms with E-state index in [2.05, 4.69) is 32.9 Å². The van der Waals surface area contributed by atoms with Crippen molar-refractivity contribution in [3.8, 4) is 5.75 Å². The first kappa shape index (κ1) is 28.2. The van der Waals surface area contributed by atoms with Gasteiger partial charge in [0.2, 0.25) is 0 Å². The van der Waals surface area contributed by atoms with Crippen LogP contribution in [0.3, 0.4) is 0 Å². The lowest BCUT2D eigenvalue weighted by atomic mass is 9.75. The molecule has 0 fully saturated rings. The van der Waals surface area contributed by atoms with Gasteiger partial charge in [-0.05, 0) is 68.4 Å². The molecule has 3 atom stereocenters. The van der Waals surface area contributed by atoms with E-state index in [1.165, 1.54) is 17.2 Å². The number of benzene rings is 1. The number of halogens is 3. The van der Waals surface area contributed by atoms with Crippen molar-refractivity contribution in [2.75, 3.05) is 12.8 Å². The number of nitrogen functional groups attached to an aromatic ring is 1. The van der Waals surface area contributed by atoms with Gasteiger partial charge >= 0.3 is 12.1 Å². The summed E-state index contributed by atoms with van der Waals surface area (Å²) >= 11 is 0. The molecule has 4 nitrogen and oxygen atoms in total. The molecule has 1 aliphatic rings. The number of hydrogen-bond acceptors (Lipinski definition) is 4. The molecule has 7 heteroatoms. The van der Waals surface area contributed by atoms with Gasteiger partial charge in [0.1, 0.15) is 0 Å². The van der Waals surface area contributed by atoms with Crippen LogP contribution >= 0.6 is 0 Å². The summed E-state index contributed by atoms with van der Waals surface area (Å²) in [5.41, 5.74) is 8.77. The molecule has 1 aliphatic carbocycles. The molecule has 0 bridgehead atoms. The van der Waals surface area contributed by atoms with Crippen LogP contribution in [0.4, 0.5) is 18.9 Å². The number of allylic oxidation sites excluding steroid dienone is 8. The van der Waals surface area contributed by atoms with E-state index in [1.54, 1.807) is 20.1 Å². The summed E-state index contributed by atoms with van der Waals surface area (Å²) in [4.78, 5) is 12.1. The van der Waals surface area contributed by atoms with Crippen molar-refractivity contribution in [2.24, 2.45) is 11.8 Å². The van der Waals surface area contributed by atoms with Crippen LogP contribution in [0.5, 0.6) is 5.75 Å². The van der Waals surface area contributed by atoms with E-state index in [4.69, 9.17) is 15.2 Å². The van der Waals surface area contributed by atoms with Gasteiger partial charge in [-0.25, -0.2) is 4.79 Å². The summed E-state index contributed by atoms with van der Waals surface area (Å²) in [7, 11) is 1.77. The number of rotatable bonds is 7. The lowest BCUT2D eigenvalue weighted by Gasteiger charge is -2.35. The minimum absolute atomic E-state index is 0.121. The SMILES string of the molecule is COC1CC(C)=C(/C=C/C(C)=C/C=C/C(C)=C/C(=O)Oc2ccc(C(F)(F)F)cc2N)C(C)C1C. The first-order chi connectivity index (χ1) is 16.3. The number of alkyl halides is 3. The maximum absolute atomic E-state index is 12.7. The van der Waals surface area contributed by atoms with E-state index in [-0.39, 0.29) is 17.5 Å². The van der Waals surface area contributed by atoms with Gasteiger partial charge < -0.3 is 15.2 Å². The summed E-state index contributed by atoms with van der Waals surface area (Å²) < 4.78 is 48.9. The van der Waals surface area contributed by atoms with Gasteiger partial charge in [0, 0.05) is 13.2 Å². The Hall–Kier alpha value is -3.06. The topological polar surface area (TPSA) is 61.5 Å². The predicted octanol–water partition coefficient (Wildman–Crippen LogP) is 7.21. The second-order valence-corrected chi connectivity index (χ2v) is 9.02. The Morgan fingerprint density at radius 1 is 1.14 bits per heavy atom. The van der Waals surface area contributed by atoms with Gasteiger partial charge in [-0.15, -0.1) is 0 Å². The second kappa shape index (κ2) is 12.1. The molecule has 35 heavy (non-hydrogen) atoms. The average molecular weight is 490 g/mol. The van der Waals surface area contributed by atoms with E-state index >= 15 is 0 Å². The highest BCUT2D eigenvalue weighted by Gasteiger charge is 2.31. The Labute approximate surface area is 205 Å². The van der Waals surface area contributed by atoms with Crippen molar-refractivity contribution in [1.29, 1.82) is 0 Å². The van der Waals surface area contributed by atoms with Gasteiger partial charge in [-0.3, -0.25) is 0 Å². The fraction of sp³-hybridized carbons (Fsp3) is 0.393. The number of carbonyl (C=O) groups excluding carboxylic acids is 1. The van der Waals surface area contributed by atoms with E-state index < -0.39 is 17.7 Å². The zero-order valence-corrected chi connectivity index (χ0v) is 21.1. The molecule has 0 saturated heterocycles. The molecular formula is C28H34F3NO3. The highest BCUT2D eigenvalue weighted by Crippen LogP contribution is 2.37. The third-order valence-electron chi connectivity index (χ3n) is 6.31. The molecule has 2 rings (SSSR count). The molecule has 190 valence electrons. The van der Waals surface area contributed by atoms with Crippen molar-refractivity contribution in [1.82, 2.24) is 0 Å². The predicted molar refractivity (Wildman–Crippen MR) is 134 cm³/mol. The van der Waals surface area contributed by atoms with E-state index in [0.29, 0.717) is 17.4 Å². The summed E-state index contributed by atoms with van der Waals surface area (Å²) in [6.07, 6.45) is 7.64. The number of hydrogen-bond donors (Lipinski definition) is 1. The molecule has 0 saturated carbocycles. The number of nitrogens with two attached hydrogens (primary N) is 1. The zero-order valence-electron chi connectivity index (χ0n) is 21.1. The Balaban J connectivity index is 2.00. The summed E-state index contributed by atoms with van der Waals surface area (Å²) in [5, 5.41) is 0. The Morgan fingerprint density at radius 3 is 2.43 bits per heavy atom. The summed E-state index contributed by atoms with van der Waals surface area (Å²) in [5.74, 6) is 0.00200. The van der Waals surface area contributed by atoms with Crippen LogP contribution in [0.25, 0.3) is 0 Å². The van der Waals surface area contributed by atoms with Crippen LogP contribution < -0.4 is 10.5 Å². The molecule has 0 heterocycles. The normalized spacial score (nSPS) is 22.4. The largest absolute Gasteiger partial charge is 0.421 e. The summed E-state index contributed by atoms with van der Waals surface area (Å²) in [6.45, 7) is 10.3. The molecule has 1 aromatic rings. The lowest BCUT2D eigenvalue weighted by Crippen LogP contribution is -2.31. The van der Waals surface area contributed by atoms with Gasteiger partial charge in [0.15, 0.2) is 5.75 Å². The lowest BCUT2D eigenvalue weighted by molar-refractivity contribution is -0.137. The quantitative estimate of drug-likeness (QED) is 0.145. The molecule has 0 aliphatic heterocycles. The van der Waals surface area contributed by atoms with Crippen LogP contribution in [-0.4, -0.2) is 19.2 Å². The number of anilines is 1. The highest BCUT2D eigenvalue weighted by atomic mass is 19.4. The smallest absolute Gasteiger partial charge is 0.416 e. The van der Waals surface area contributed by atoms with Crippen molar-refractivity contribution < 1.29 is 27.4 Å². The second-order valence-electron chi connectivity index (χ2n) is 9.02. The molecule has 3 unspecified atom stereocenters. The van der Waals surface area contributed by atoms with Crippen molar-refractivity contribution in [3.63, 3.8) is 0 Å². The van der Waals surface area contributed by atoms with Crippen molar-refractivity contribution in [3.05, 3.63) is 82.5 Å². The van der Waals surface area contributed by atoms with Crippen molar-refractivity contribution >= 4 is 11.7 Å². The van der Waals surface area contributed by atoms with Crippen molar-refractivity contribution in [2.45, 2.75) is 53.3 Å². The average Bonchev–Trinajstić information content (AvgIpc) is 2.76. The maximum Gasteiger partial charge on any atom is 0.416 e. The molecule has 1 aromatic carbocycles. The van der Waals surface area contributed by atoms with Crippen LogP contribution in [0.15, 0.2) is 76.9 Å².